The molecule has 2 rings (SSSR count). The van der Waals surface area contributed by atoms with Crippen molar-refractivity contribution in [1.82, 2.24) is 4.90 Å². The highest BCUT2D eigenvalue weighted by molar-refractivity contribution is 5.83. The minimum atomic E-state index is -0.120. The molecular formula is C15H22N2O2. The fraction of sp³-hybridized carbons (Fsp3) is 0.533. The first-order chi connectivity index (χ1) is 9.11. The van der Waals surface area contributed by atoms with E-state index in [1.54, 1.807) is 0 Å². The van der Waals surface area contributed by atoms with Gasteiger partial charge in [-0.25, -0.2) is 0 Å². The van der Waals surface area contributed by atoms with E-state index in [9.17, 15) is 4.79 Å². The molecule has 0 saturated carbocycles. The molecule has 0 spiro atoms. The number of benzene rings is 1. The molecule has 1 fully saturated rings. The third-order valence-electron chi connectivity index (χ3n) is 3.57. The first-order valence-electron chi connectivity index (χ1n) is 6.81. The fourth-order valence-corrected chi connectivity index (χ4v) is 2.51. The van der Waals surface area contributed by atoms with Crippen LogP contribution in [0.3, 0.4) is 0 Å². The third-order valence-corrected chi connectivity index (χ3v) is 3.57. The maximum Gasteiger partial charge on any atom is 0.230 e. The van der Waals surface area contributed by atoms with E-state index in [2.05, 4.69) is 0 Å². The molecule has 1 aliphatic heterocycles. The zero-order valence-corrected chi connectivity index (χ0v) is 11.6. The molecule has 3 unspecified atom stereocenters. The molecule has 2 N–H and O–H groups in total. The van der Waals surface area contributed by atoms with Crippen LogP contribution in [0, 0.1) is 0 Å². The summed E-state index contributed by atoms with van der Waals surface area (Å²) in [5.74, 6) is 0.0322. The molecule has 4 nitrogen and oxygen atoms in total. The summed E-state index contributed by atoms with van der Waals surface area (Å²) in [6.45, 7) is 5.63. The molecule has 0 aliphatic carbocycles. The minimum absolute atomic E-state index is 0.0457. The normalized spacial score (nSPS) is 25.1. The van der Waals surface area contributed by atoms with Crippen molar-refractivity contribution in [3.63, 3.8) is 0 Å². The van der Waals surface area contributed by atoms with Crippen LogP contribution in [0.2, 0.25) is 0 Å². The summed E-state index contributed by atoms with van der Waals surface area (Å²) >= 11 is 0. The second-order valence-corrected chi connectivity index (χ2v) is 5.18. The van der Waals surface area contributed by atoms with Crippen molar-refractivity contribution >= 4 is 5.91 Å². The Bertz CT molecular complexity index is 421. The number of hydrogen-bond donors (Lipinski definition) is 1. The Hall–Kier alpha value is -1.39. The first kappa shape index (κ1) is 14.0. The van der Waals surface area contributed by atoms with Crippen molar-refractivity contribution in [3.8, 4) is 0 Å². The maximum absolute atomic E-state index is 12.5. The Balaban J connectivity index is 2.06. The van der Waals surface area contributed by atoms with Gasteiger partial charge in [0, 0.05) is 19.6 Å². The smallest absolute Gasteiger partial charge is 0.230 e. The second-order valence-electron chi connectivity index (χ2n) is 5.18. The van der Waals surface area contributed by atoms with Gasteiger partial charge < -0.3 is 15.4 Å². The maximum atomic E-state index is 12.5. The highest BCUT2D eigenvalue weighted by atomic mass is 16.5. The topological polar surface area (TPSA) is 55.6 Å². The number of nitrogens with zero attached hydrogens (tertiary/aromatic N) is 1. The number of hydrogen-bond acceptors (Lipinski definition) is 3. The van der Waals surface area contributed by atoms with Gasteiger partial charge in [-0.3, -0.25) is 4.79 Å². The van der Waals surface area contributed by atoms with Gasteiger partial charge in [-0.05, 0) is 19.4 Å². The molecule has 1 amide bonds. The molecule has 19 heavy (non-hydrogen) atoms. The summed E-state index contributed by atoms with van der Waals surface area (Å²) in [6, 6.07) is 9.87. The Morgan fingerprint density at radius 3 is 2.74 bits per heavy atom. The molecule has 0 radical (unpaired) electrons. The quantitative estimate of drug-likeness (QED) is 0.895. The molecule has 4 heteroatoms. The molecule has 0 bridgehead atoms. The molecule has 1 aromatic rings. The van der Waals surface area contributed by atoms with Crippen LogP contribution in [0.5, 0.6) is 0 Å². The number of amides is 1. The SMILES string of the molecule is CC1CN(C(=O)C(C)c2ccccc2)CC(CN)O1. The number of rotatable bonds is 3. The van der Waals surface area contributed by atoms with Crippen molar-refractivity contribution in [2.45, 2.75) is 32.0 Å². The zero-order chi connectivity index (χ0) is 13.8. The second kappa shape index (κ2) is 6.17. The van der Waals surface area contributed by atoms with E-state index in [-0.39, 0.29) is 24.0 Å². The van der Waals surface area contributed by atoms with E-state index in [0.29, 0.717) is 19.6 Å². The lowest BCUT2D eigenvalue weighted by molar-refractivity contribution is -0.144. The van der Waals surface area contributed by atoms with Crippen LogP contribution in [-0.2, 0) is 9.53 Å². The molecule has 104 valence electrons. The van der Waals surface area contributed by atoms with E-state index < -0.39 is 0 Å². The fourth-order valence-electron chi connectivity index (χ4n) is 2.51. The lowest BCUT2D eigenvalue weighted by Crippen LogP contribution is -2.52. The summed E-state index contributed by atoms with van der Waals surface area (Å²) in [4.78, 5) is 14.4. The minimum Gasteiger partial charge on any atom is -0.370 e. The van der Waals surface area contributed by atoms with E-state index in [4.69, 9.17) is 10.5 Å². The van der Waals surface area contributed by atoms with Gasteiger partial charge in [-0.15, -0.1) is 0 Å². The summed E-state index contributed by atoms with van der Waals surface area (Å²) in [7, 11) is 0. The number of morpholine rings is 1. The standard InChI is InChI=1S/C15H22N2O2/c1-11-9-17(10-14(8-16)19-11)15(18)12(2)13-6-4-3-5-7-13/h3-7,11-12,14H,8-10,16H2,1-2H3. The summed E-state index contributed by atoms with van der Waals surface area (Å²) in [5, 5.41) is 0. The van der Waals surface area contributed by atoms with E-state index in [1.165, 1.54) is 0 Å². The van der Waals surface area contributed by atoms with Crippen LogP contribution >= 0.6 is 0 Å². The van der Waals surface area contributed by atoms with Crippen LogP contribution in [0.4, 0.5) is 0 Å². The Kier molecular flexibility index (Phi) is 4.56. The van der Waals surface area contributed by atoms with Gasteiger partial charge in [-0.2, -0.15) is 0 Å². The van der Waals surface area contributed by atoms with Crippen LogP contribution in [0.1, 0.15) is 25.3 Å². The van der Waals surface area contributed by atoms with Gasteiger partial charge in [0.2, 0.25) is 5.91 Å². The Labute approximate surface area is 114 Å². The summed E-state index contributed by atoms with van der Waals surface area (Å²) < 4.78 is 5.68. The van der Waals surface area contributed by atoms with Crippen LogP contribution in [0.15, 0.2) is 30.3 Å². The van der Waals surface area contributed by atoms with Crippen molar-refractivity contribution in [1.29, 1.82) is 0 Å². The average molecular weight is 262 g/mol. The Morgan fingerprint density at radius 1 is 1.42 bits per heavy atom. The van der Waals surface area contributed by atoms with Crippen molar-refractivity contribution in [3.05, 3.63) is 35.9 Å². The van der Waals surface area contributed by atoms with Crippen molar-refractivity contribution in [2.24, 2.45) is 5.73 Å². The summed E-state index contributed by atoms with van der Waals surface area (Å²) in [6.07, 6.45) is 0.00453. The number of carbonyl (C=O) groups is 1. The van der Waals surface area contributed by atoms with Gasteiger partial charge in [0.25, 0.3) is 0 Å². The van der Waals surface area contributed by atoms with E-state index in [0.717, 1.165) is 5.56 Å². The van der Waals surface area contributed by atoms with Gasteiger partial charge in [0.1, 0.15) is 0 Å². The van der Waals surface area contributed by atoms with Gasteiger partial charge in [0.05, 0.1) is 18.1 Å². The Morgan fingerprint density at radius 2 is 2.11 bits per heavy atom. The van der Waals surface area contributed by atoms with Crippen molar-refractivity contribution < 1.29 is 9.53 Å². The average Bonchev–Trinajstić information content (AvgIpc) is 2.46. The summed E-state index contributed by atoms with van der Waals surface area (Å²) in [5.41, 5.74) is 6.70. The molecule has 1 aromatic carbocycles. The van der Waals surface area contributed by atoms with Crippen LogP contribution in [0.25, 0.3) is 0 Å². The molecule has 1 heterocycles. The largest absolute Gasteiger partial charge is 0.370 e. The first-order valence-corrected chi connectivity index (χ1v) is 6.81. The van der Waals surface area contributed by atoms with Gasteiger partial charge >= 0.3 is 0 Å². The van der Waals surface area contributed by atoms with E-state index >= 15 is 0 Å². The van der Waals surface area contributed by atoms with Crippen molar-refractivity contribution in [2.75, 3.05) is 19.6 Å². The number of nitrogens with two attached hydrogens (primary N) is 1. The number of carbonyl (C=O) groups excluding carboxylic acids is 1. The predicted octanol–water partition coefficient (Wildman–Crippen LogP) is 1.36. The molecule has 3 atom stereocenters. The molecular weight excluding hydrogens is 240 g/mol. The predicted molar refractivity (Wildman–Crippen MR) is 74.8 cm³/mol. The van der Waals surface area contributed by atoms with Gasteiger partial charge in [0.15, 0.2) is 0 Å². The number of ether oxygens (including phenoxy) is 1. The van der Waals surface area contributed by atoms with Gasteiger partial charge in [-0.1, -0.05) is 30.3 Å². The molecule has 1 aliphatic rings. The lowest BCUT2D eigenvalue weighted by Gasteiger charge is -2.37. The lowest BCUT2D eigenvalue weighted by atomic mass is 9.99. The monoisotopic (exact) mass is 262 g/mol. The van der Waals surface area contributed by atoms with Crippen LogP contribution < -0.4 is 5.73 Å². The highest BCUT2D eigenvalue weighted by Crippen LogP contribution is 2.20. The zero-order valence-electron chi connectivity index (χ0n) is 11.6. The van der Waals surface area contributed by atoms with E-state index in [1.807, 2.05) is 49.1 Å². The highest BCUT2D eigenvalue weighted by Gasteiger charge is 2.30. The molecule has 0 aromatic heterocycles. The third kappa shape index (κ3) is 3.33. The van der Waals surface area contributed by atoms with Crippen LogP contribution in [-0.4, -0.2) is 42.6 Å². The molecule has 1 saturated heterocycles.